The molecule has 0 spiro atoms. The zero-order valence-corrected chi connectivity index (χ0v) is 13.4. The Balaban J connectivity index is 1.67. The summed E-state index contributed by atoms with van der Waals surface area (Å²) in [5, 5.41) is 3.30. The molecule has 0 aromatic rings. The van der Waals surface area contributed by atoms with E-state index in [4.69, 9.17) is 4.74 Å². The first-order valence-corrected chi connectivity index (χ1v) is 9.48. The molecule has 1 heterocycles. The van der Waals surface area contributed by atoms with Gasteiger partial charge in [0, 0.05) is 12.6 Å². The van der Waals surface area contributed by atoms with E-state index < -0.39 is 10.0 Å². The molecule has 0 amide bonds. The number of ether oxygens (including phenoxy) is 1. The Morgan fingerprint density at radius 2 is 1.95 bits per heavy atom. The predicted octanol–water partition coefficient (Wildman–Crippen LogP) is 1.25. The van der Waals surface area contributed by atoms with E-state index in [1.807, 2.05) is 0 Å². The van der Waals surface area contributed by atoms with Gasteiger partial charge in [0.15, 0.2) is 0 Å². The fourth-order valence-corrected chi connectivity index (χ4v) is 4.14. The minimum atomic E-state index is -3.16. The van der Waals surface area contributed by atoms with Crippen LogP contribution in [0.2, 0.25) is 0 Å². The fraction of sp³-hybridized carbons (Fsp3) is 1.00. The molecule has 1 aliphatic heterocycles. The molecule has 1 saturated heterocycles. The third-order valence-corrected chi connectivity index (χ3v) is 5.43. The van der Waals surface area contributed by atoms with E-state index >= 15 is 0 Å². The lowest BCUT2D eigenvalue weighted by atomic mass is 10.1. The molecule has 2 rings (SSSR count). The second-order valence-corrected chi connectivity index (χ2v) is 8.19. The summed E-state index contributed by atoms with van der Waals surface area (Å²) in [6, 6.07) is 0.459. The molecule has 0 aromatic carbocycles. The maximum absolute atomic E-state index is 12.1. The molecule has 118 valence electrons. The average Bonchev–Trinajstić information content (AvgIpc) is 3.09. The number of sulfonamides is 1. The van der Waals surface area contributed by atoms with Crippen LogP contribution in [0.3, 0.4) is 0 Å². The average molecular weight is 304 g/mol. The van der Waals surface area contributed by atoms with Gasteiger partial charge in [0.1, 0.15) is 0 Å². The van der Waals surface area contributed by atoms with Gasteiger partial charge in [0.05, 0.1) is 17.9 Å². The molecule has 2 atom stereocenters. The SMILES string of the molecule is CC(C)NCCCCS(=O)(=O)NC1CCOC1C1CC1. The normalized spacial score (nSPS) is 27.4. The molecule has 0 radical (unpaired) electrons. The van der Waals surface area contributed by atoms with Gasteiger partial charge in [0.2, 0.25) is 10.0 Å². The van der Waals surface area contributed by atoms with Crippen LogP contribution >= 0.6 is 0 Å². The highest BCUT2D eigenvalue weighted by molar-refractivity contribution is 7.89. The second kappa shape index (κ2) is 7.20. The van der Waals surface area contributed by atoms with E-state index in [9.17, 15) is 8.42 Å². The van der Waals surface area contributed by atoms with Crippen LogP contribution in [0, 0.1) is 5.92 Å². The van der Waals surface area contributed by atoms with Crippen LogP contribution < -0.4 is 10.0 Å². The first-order valence-electron chi connectivity index (χ1n) is 7.83. The lowest BCUT2D eigenvalue weighted by Gasteiger charge is -2.19. The van der Waals surface area contributed by atoms with Gasteiger partial charge >= 0.3 is 0 Å². The van der Waals surface area contributed by atoms with Crippen LogP contribution in [0.15, 0.2) is 0 Å². The van der Waals surface area contributed by atoms with Crippen molar-refractivity contribution in [2.24, 2.45) is 5.92 Å². The molecule has 2 aliphatic rings. The summed E-state index contributed by atoms with van der Waals surface area (Å²) < 4.78 is 32.7. The molecular formula is C14H28N2O3S. The van der Waals surface area contributed by atoms with E-state index in [0.717, 1.165) is 19.4 Å². The van der Waals surface area contributed by atoms with Gasteiger partial charge in [-0.3, -0.25) is 0 Å². The molecule has 0 bridgehead atoms. The topological polar surface area (TPSA) is 67.4 Å². The van der Waals surface area contributed by atoms with Gasteiger partial charge in [-0.2, -0.15) is 0 Å². The number of hydrogen-bond donors (Lipinski definition) is 2. The third kappa shape index (κ3) is 5.31. The van der Waals surface area contributed by atoms with Gasteiger partial charge < -0.3 is 10.1 Å². The Kier molecular flexibility index (Phi) is 5.84. The van der Waals surface area contributed by atoms with E-state index in [1.165, 1.54) is 12.8 Å². The Morgan fingerprint density at radius 3 is 2.60 bits per heavy atom. The summed E-state index contributed by atoms with van der Waals surface area (Å²) >= 11 is 0. The predicted molar refractivity (Wildman–Crippen MR) is 80.2 cm³/mol. The number of rotatable bonds is 9. The quantitative estimate of drug-likeness (QED) is 0.629. The Labute approximate surface area is 122 Å². The van der Waals surface area contributed by atoms with Gasteiger partial charge in [0.25, 0.3) is 0 Å². The summed E-state index contributed by atoms with van der Waals surface area (Å²) in [6.45, 7) is 5.75. The summed E-state index contributed by atoms with van der Waals surface area (Å²) in [5.74, 6) is 0.807. The van der Waals surface area contributed by atoms with Crippen molar-refractivity contribution >= 4 is 10.0 Å². The van der Waals surface area contributed by atoms with Crippen molar-refractivity contribution in [1.82, 2.24) is 10.0 Å². The summed E-state index contributed by atoms with van der Waals surface area (Å²) in [5.41, 5.74) is 0. The third-order valence-electron chi connectivity index (χ3n) is 3.95. The smallest absolute Gasteiger partial charge is 0.211 e. The second-order valence-electron chi connectivity index (χ2n) is 6.32. The molecule has 6 heteroatoms. The highest BCUT2D eigenvalue weighted by atomic mass is 32.2. The van der Waals surface area contributed by atoms with Gasteiger partial charge in [-0.25, -0.2) is 13.1 Å². The van der Waals surface area contributed by atoms with Crippen molar-refractivity contribution in [2.45, 2.75) is 64.1 Å². The summed E-state index contributed by atoms with van der Waals surface area (Å²) in [4.78, 5) is 0. The summed E-state index contributed by atoms with van der Waals surface area (Å²) in [6.07, 6.45) is 4.90. The van der Waals surface area contributed by atoms with Gasteiger partial charge in [-0.05, 0) is 44.6 Å². The van der Waals surface area contributed by atoms with Crippen molar-refractivity contribution in [3.05, 3.63) is 0 Å². The Bertz CT molecular complexity index is 393. The first-order chi connectivity index (χ1) is 9.48. The Hall–Kier alpha value is -0.170. The van der Waals surface area contributed by atoms with Crippen molar-refractivity contribution in [3.8, 4) is 0 Å². The molecule has 2 fully saturated rings. The minimum Gasteiger partial charge on any atom is -0.376 e. The maximum atomic E-state index is 12.1. The van der Waals surface area contributed by atoms with E-state index in [0.29, 0.717) is 25.0 Å². The van der Waals surface area contributed by atoms with Crippen molar-refractivity contribution in [2.75, 3.05) is 18.9 Å². The monoisotopic (exact) mass is 304 g/mol. The van der Waals surface area contributed by atoms with Crippen LogP contribution in [0.5, 0.6) is 0 Å². The number of unbranched alkanes of at least 4 members (excludes halogenated alkanes) is 1. The maximum Gasteiger partial charge on any atom is 0.211 e. The molecule has 1 saturated carbocycles. The van der Waals surface area contributed by atoms with Gasteiger partial charge in [-0.15, -0.1) is 0 Å². The molecule has 2 N–H and O–H groups in total. The highest BCUT2D eigenvalue weighted by Crippen LogP contribution is 2.38. The summed E-state index contributed by atoms with van der Waals surface area (Å²) in [7, 11) is -3.16. The largest absolute Gasteiger partial charge is 0.376 e. The zero-order chi connectivity index (χ0) is 14.6. The van der Waals surface area contributed by atoms with Crippen molar-refractivity contribution in [3.63, 3.8) is 0 Å². The molecule has 1 aliphatic carbocycles. The van der Waals surface area contributed by atoms with E-state index in [1.54, 1.807) is 0 Å². The van der Waals surface area contributed by atoms with E-state index in [-0.39, 0.29) is 17.9 Å². The highest BCUT2D eigenvalue weighted by Gasteiger charge is 2.41. The molecular weight excluding hydrogens is 276 g/mol. The molecule has 2 unspecified atom stereocenters. The standard InChI is InChI=1S/C14H28N2O3S/c1-11(2)15-8-3-4-10-20(17,18)16-13-7-9-19-14(13)12-5-6-12/h11-16H,3-10H2,1-2H3. The van der Waals surface area contributed by atoms with Crippen molar-refractivity contribution in [1.29, 1.82) is 0 Å². The van der Waals surface area contributed by atoms with Crippen LogP contribution in [-0.2, 0) is 14.8 Å². The fourth-order valence-electron chi connectivity index (χ4n) is 2.72. The van der Waals surface area contributed by atoms with Crippen LogP contribution in [0.4, 0.5) is 0 Å². The van der Waals surface area contributed by atoms with E-state index in [2.05, 4.69) is 23.9 Å². The van der Waals surface area contributed by atoms with Crippen LogP contribution in [-0.4, -0.2) is 45.5 Å². The Morgan fingerprint density at radius 1 is 1.20 bits per heavy atom. The van der Waals surface area contributed by atoms with Crippen LogP contribution in [0.25, 0.3) is 0 Å². The van der Waals surface area contributed by atoms with Crippen molar-refractivity contribution < 1.29 is 13.2 Å². The zero-order valence-electron chi connectivity index (χ0n) is 12.6. The van der Waals surface area contributed by atoms with Gasteiger partial charge in [-0.1, -0.05) is 13.8 Å². The minimum absolute atomic E-state index is 0.00119. The number of hydrogen-bond acceptors (Lipinski definition) is 4. The molecule has 0 aromatic heterocycles. The first kappa shape index (κ1) is 16.2. The molecule has 5 nitrogen and oxygen atoms in total. The lowest BCUT2D eigenvalue weighted by Crippen LogP contribution is -2.42. The number of nitrogens with one attached hydrogen (secondary N) is 2. The van der Waals surface area contributed by atoms with Crippen LogP contribution in [0.1, 0.15) is 46.0 Å². The lowest BCUT2D eigenvalue weighted by molar-refractivity contribution is 0.0848. The molecule has 20 heavy (non-hydrogen) atoms.